The van der Waals surface area contributed by atoms with Gasteiger partial charge in [0.15, 0.2) is 0 Å². The van der Waals surface area contributed by atoms with Crippen molar-refractivity contribution in [2.24, 2.45) is 5.73 Å². The van der Waals surface area contributed by atoms with Crippen LogP contribution in [0.4, 0.5) is 0 Å². The lowest BCUT2D eigenvalue weighted by Crippen LogP contribution is -2.42. The number of hydrogen-bond acceptors (Lipinski definition) is 3. The van der Waals surface area contributed by atoms with Crippen molar-refractivity contribution in [1.82, 2.24) is 5.32 Å². The van der Waals surface area contributed by atoms with Crippen LogP contribution in [-0.4, -0.2) is 24.2 Å². The fourth-order valence-corrected chi connectivity index (χ4v) is 1.65. The van der Waals surface area contributed by atoms with E-state index in [0.29, 0.717) is 0 Å². The van der Waals surface area contributed by atoms with Crippen molar-refractivity contribution in [3.05, 3.63) is 34.9 Å². The highest BCUT2D eigenvalue weighted by Gasteiger charge is 2.24. The van der Waals surface area contributed by atoms with E-state index in [4.69, 9.17) is 10.8 Å². The zero-order chi connectivity index (χ0) is 12.3. The second-order valence-electron chi connectivity index (χ2n) is 3.97. The monoisotopic (exact) mass is 222 g/mol. The van der Waals surface area contributed by atoms with E-state index in [1.807, 2.05) is 32.0 Å². The van der Waals surface area contributed by atoms with Crippen molar-refractivity contribution < 1.29 is 9.90 Å². The lowest BCUT2D eigenvalue weighted by Gasteiger charge is -2.21. The van der Waals surface area contributed by atoms with E-state index >= 15 is 0 Å². The van der Waals surface area contributed by atoms with E-state index in [1.165, 1.54) is 5.56 Å². The Kier molecular flexibility index (Phi) is 4.04. The maximum atomic E-state index is 10.9. The van der Waals surface area contributed by atoms with E-state index in [-0.39, 0.29) is 6.04 Å². The van der Waals surface area contributed by atoms with Crippen LogP contribution < -0.4 is 11.1 Å². The molecule has 4 heteroatoms. The first-order chi connectivity index (χ1) is 7.47. The summed E-state index contributed by atoms with van der Waals surface area (Å²) in [7, 11) is 1.71. The Balaban J connectivity index is 3.04. The zero-order valence-electron chi connectivity index (χ0n) is 9.82. The summed E-state index contributed by atoms with van der Waals surface area (Å²) in [6, 6.07) is 4.55. The smallest absolute Gasteiger partial charge is 0.322 e. The second-order valence-corrected chi connectivity index (χ2v) is 3.97. The number of nitrogens with one attached hydrogen (secondary N) is 1. The number of aliphatic carboxylic acids is 1. The minimum Gasteiger partial charge on any atom is -0.480 e. The molecule has 0 aliphatic rings. The van der Waals surface area contributed by atoms with Crippen LogP contribution in [0.1, 0.15) is 22.7 Å². The number of carbonyl (C=O) groups is 1. The van der Waals surface area contributed by atoms with Crippen LogP contribution in [0.25, 0.3) is 0 Å². The second kappa shape index (κ2) is 5.09. The predicted molar refractivity (Wildman–Crippen MR) is 63.3 cm³/mol. The lowest BCUT2D eigenvalue weighted by atomic mass is 9.96. The van der Waals surface area contributed by atoms with Crippen molar-refractivity contribution >= 4 is 5.97 Å². The summed E-state index contributed by atoms with van der Waals surface area (Å²) in [5.41, 5.74) is 8.85. The Morgan fingerprint density at radius 3 is 2.44 bits per heavy atom. The first-order valence-corrected chi connectivity index (χ1v) is 5.20. The number of likely N-dealkylation sites (N-methyl/N-ethyl adjacent to an activating group) is 1. The molecule has 1 aromatic rings. The van der Waals surface area contributed by atoms with Crippen molar-refractivity contribution in [1.29, 1.82) is 0 Å². The summed E-state index contributed by atoms with van der Waals surface area (Å²) in [6.45, 7) is 4.02. The van der Waals surface area contributed by atoms with Gasteiger partial charge in [0, 0.05) is 0 Å². The molecule has 0 spiro atoms. The molecule has 0 saturated carbocycles. The average Bonchev–Trinajstić information content (AvgIpc) is 2.24. The van der Waals surface area contributed by atoms with Gasteiger partial charge >= 0.3 is 5.97 Å². The van der Waals surface area contributed by atoms with Gasteiger partial charge in [0.1, 0.15) is 6.04 Å². The minimum absolute atomic E-state index is 0.364. The number of hydrogen-bond donors (Lipinski definition) is 3. The maximum Gasteiger partial charge on any atom is 0.322 e. The van der Waals surface area contributed by atoms with E-state index < -0.39 is 12.0 Å². The SMILES string of the molecule is CNC(c1ccc(C)c(C)c1)C(N)C(=O)O. The van der Waals surface area contributed by atoms with Crippen LogP contribution in [-0.2, 0) is 4.79 Å². The Labute approximate surface area is 95.5 Å². The number of carboxylic acids is 1. The van der Waals surface area contributed by atoms with Crippen LogP contribution in [0, 0.1) is 13.8 Å². The third kappa shape index (κ3) is 2.59. The van der Waals surface area contributed by atoms with Gasteiger partial charge in [0.2, 0.25) is 0 Å². The highest BCUT2D eigenvalue weighted by molar-refractivity contribution is 5.74. The Hall–Kier alpha value is -1.39. The van der Waals surface area contributed by atoms with Gasteiger partial charge in [-0.05, 0) is 37.6 Å². The molecule has 0 aliphatic heterocycles. The Morgan fingerprint density at radius 2 is 2.00 bits per heavy atom. The standard InChI is InChI=1S/C12H18N2O2/c1-7-4-5-9(6-8(7)2)11(14-3)10(13)12(15)16/h4-6,10-11,14H,13H2,1-3H3,(H,15,16). The molecule has 1 rings (SSSR count). The van der Waals surface area contributed by atoms with E-state index in [2.05, 4.69) is 5.32 Å². The molecule has 4 nitrogen and oxygen atoms in total. The molecular formula is C12H18N2O2. The third-order valence-electron chi connectivity index (χ3n) is 2.85. The molecule has 0 radical (unpaired) electrons. The van der Waals surface area contributed by atoms with Gasteiger partial charge in [0.25, 0.3) is 0 Å². The minimum atomic E-state index is -1.00. The first kappa shape index (κ1) is 12.7. The third-order valence-corrected chi connectivity index (χ3v) is 2.85. The maximum absolute atomic E-state index is 10.9. The number of nitrogens with two attached hydrogens (primary N) is 1. The molecule has 2 unspecified atom stereocenters. The highest BCUT2D eigenvalue weighted by Crippen LogP contribution is 2.19. The van der Waals surface area contributed by atoms with Crippen molar-refractivity contribution in [3.63, 3.8) is 0 Å². The molecule has 2 atom stereocenters. The summed E-state index contributed by atoms with van der Waals surface area (Å²) >= 11 is 0. The largest absolute Gasteiger partial charge is 0.480 e. The molecule has 1 aromatic carbocycles. The molecule has 0 fully saturated rings. The molecule has 0 aromatic heterocycles. The molecule has 0 saturated heterocycles. The first-order valence-electron chi connectivity index (χ1n) is 5.20. The number of rotatable bonds is 4. The molecule has 0 bridgehead atoms. The molecule has 88 valence electrons. The van der Waals surface area contributed by atoms with Crippen molar-refractivity contribution in [2.75, 3.05) is 7.05 Å². The van der Waals surface area contributed by atoms with Crippen LogP contribution in [0.2, 0.25) is 0 Å². The predicted octanol–water partition coefficient (Wildman–Crippen LogP) is 0.976. The van der Waals surface area contributed by atoms with Crippen LogP contribution in [0.5, 0.6) is 0 Å². The van der Waals surface area contributed by atoms with Gasteiger partial charge in [-0.1, -0.05) is 18.2 Å². The van der Waals surface area contributed by atoms with Gasteiger partial charge in [-0.25, -0.2) is 0 Å². The van der Waals surface area contributed by atoms with Gasteiger partial charge in [-0.3, -0.25) is 4.79 Å². The fraction of sp³-hybridized carbons (Fsp3) is 0.417. The van der Waals surface area contributed by atoms with Gasteiger partial charge in [-0.2, -0.15) is 0 Å². The molecular weight excluding hydrogens is 204 g/mol. The number of aryl methyl sites for hydroxylation is 2. The normalized spacial score (nSPS) is 14.5. The summed E-state index contributed by atoms with van der Waals surface area (Å²) in [5, 5.41) is 11.8. The van der Waals surface area contributed by atoms with Crippen molar-refractivity contribution in [2.45, 2.75) is 25.9 Å². The summed E-state index contributed by atoms with van der Waals surface area (Å²) in [5.74, 6) is -1.00. The molecule has 16 heavy (non-hydrogen) atoms. The summed E-state index contributed by atoms with van der Waals surface area (Å²) in [6.07, 6.45) is 0. The Bertz CT molecular complexity index is 391. The lowest BCUT2D eigenvalue weighted by molar-refractivity contribution is -0.139. The van der Waals surface area contributed by atoms with Crippen LogP contribution >= 0.6 is 0 Å². The van der Waals surface area contributed by atoms with Crippen LogP contribution in [0.15, 0.2) is 18.2 Å². The van der Waals surface area contributed by atoms with Gasteiger partial charge < -0.3 is 16.2 Å². The van der Waals surface area contributed by atoms with Gasteiger partial charge in [-0.15, -0.1) is 0 Å². The van der Waals surface area contributed by atoms with E-state index in [9.17, 15) is 4.79 Å². The summed E-state index contributed by atoms with van der Waals surface area (Å²) in [4.78, 5) is 10.9. The molecule has 4 N–H and O–H groups in total. The quantitative estimate of drug-likeness (QED) is 0.709. The number of carboxylic acid groups (broad SMARTS) is 1. The van der Waals surface area contributed by atoms with Crippen LogP contribution in [0.3, 0.4) is 0 Å². The van der Waals surface area contributed by atoms with E-state index in [1.54, 1.807) is 7.05 Å². The fourth-order valence-electron chi connectivity index (χ4n) is 1.65. The van der Waals surface area contributed by atoms with Gasteiger partial charge in [0.05, 0.1) is 6.04 Å². The van der Waals surface area contributed by atoms with E-state index in [0.717, 1.165) is 11.1 Å². The molecule has 0 amide bonds. The molecule has 0 aliphatic carbocycles. The average molecular weight is 222 g/mol. The summed E-state index contributed by atoms with van der Waals surface area (Å²) < 4.78 is 0. The zero-order valence-corrected chi connectivity index (χ0v) is 9.82. The number of benzene rings is 1. The highest BCUT2D eigenvalue weighted by atomic mass is 16.4. The Morgan fingerprint density at radius 1 is 1.38 bits per heavy atom. The van der Waals surface area contributed by atoms with Crippen molar-refractivity contribution in [3.8, 4) is 0 Å². The topological polar surface area (TPSA) is 75.3 Å². The molecule has 0 heterocycles.